The first kappa shape index (κ1) is 20.3. The molecule has 0 bridgehead atoms. The lowest BCUT2D eigenvalue weighted by atomic mass is 9.78. The minimum Gasteiger partial charge on any atom is -0.251 e. The average molecular weight is 376 g/mol. The van der Waals surface area contributed by atoms with Crippen LogP contribution < -0.4 is 0 Å². The Bertz CT molecular complexity index is 775. The van der Waals surface area contributed by atoms with Crippen LogP contribution in [0.5, 0.6) is 0 Å². The van der Waals surface area contributed by atoms with Crippen LogP contribution in [0, 0.1) is 23.2 Å². The smallest absolute Gasteiger partial charge is 0.0991 e. The molecule has 1 aliphatic rings. The molecular formula is C26H30FN. The predicted octanol–water partition coefficient (Wildman–Crippen LogP) is 7.27. The molecule has 0 atom stereocenters. The second-order valence-corrected chi connectivity index (χ2v) is 8.00. The van der Waals surface area contributed by atoms with Crippen molar-refractivity contribution in [3.63, 3.8) is 0 Å². The van der Waals surface area contributed by atoms with E-state index in [1.807, 2.05) is 30.3 Å². The van der Waals surface area contributed by atoms with Crippen molar-refractivity contribution in [2.24, 2.45) is 11.8 Å². The van der Waals surface area contributed by atoms with Gasteiger partial charge in [0.15, 0.2) is 0 Å². The van der Waals surface area contributed by atoms with Crippen LogP contribution in [-0.2, 0) is 6.42 Å². The van der Waals surface area contributed by atoms with E-state index in [0.29, 0.717) is 12.0 Å². The summed E-state index contributed by atoms with van der Waals surface area (Å²) in [6.07, 6.45) is 13.6. The standard InChI is InChI=1S/C26H30FN/c27-19-3-1-2-4-21-5-7-22(8-6-21)9-10-23-11-15-25(16-12-23)26-17-13-24(20-28)14-18-26/h1-2,11-18,21-22H,3-10,19H2. The third-order valence-electron chi connectivity index (χ3n) is 6.02. The third-order valence-corrected chi connectivity index (χ3v) is 6.02. The van der Waals surface area contributed by atoms with E-state index in [2.05, 4.69) is 36.4 Å². The van der Waals surface area contributed by atoms with Gasteiger partial charge in [0.25, 0.3) is 0 Å². The van der Waals surface area contributed by atoms with E-state index in [9.17, 15) is 4.39 Å². The minimum atomic E-state index is -0.238. The highest BCUT2D eigenvalue weighted by Gasteiger charge is 2.20. The second kappa shape index (κ2) is 10.8. The number of rotatable bonds is 8. The van der Waals surface area contributed by atoms with Gasteiger partial charge in [0, 0.05) is 0 Å². The largest absolute Gasteiger partial charge is 0.251 e. The zero-order valence-corrected chi connectivity index (χ0v) is 16.6. The van der Waals surface area contributed by atoms with Gasteiger partial charge in [0.05, 0.1) is 18.3 Å². The molecule has 0 heterocycles. The third kappa shape index (κ3) is 6.06. The van der Waals surface area contributed by atoms with Crippen molar-refractivity contribution in [1.82, 2.24) is 0 Å². The van der Waals surface area contributed by atoms with E-state index in [1.54, 1.807) is 0 Å². The van der Waals surface area contributed by atoms with Crippen molar-refractivity contribution in [3.8, 4) is 17.2 Å². The maximum Gasteiger partial charge on any atom is 0.0991 e. The summed E-state index contributed by atoms with van der Waals surface area (Å²) in [5, 5.41) is 8.91. The number of allylic oxidation sites excluding steroid dienone is 2. The van der Waals surface area contributed by atoms with Gasteiger partial charge in [0.1, 0.15) is 0 Å². The number of halogens is 1. The summed E-state index contributed by atoms with van der Waals surface area (Å²) in [5.74, 6) is 1.66. The van der Waals surface area contributed by atoms with Crippen molar-refractivity contribution < 1.29 is 4.39 Å². The van der Waals surface area contributed by atoms with Gasteiger partial charge in [-0.2, -0.15) is 5.26 Å². The number of hydrogen-bond donors (Lipinski definition) is 0. The fraction of sp³-hybridized carbons (Fsp3) is 0.423. The number of nitriles is 1. The molecule has 1 aliphatic carbocycles. The van der Waals surface area contributed by atoms with Gasteiger partial charge in [-0.1, -0.05) is 61.4 Å². The second-order valence-electron chi connectivity index (χ2n) is 8.00. The Morgan fingerprint density at radius 2 is 1.46 bits per heavy atom. The molecule has 0 unspecified atom stereocenters. The van der Waals surface area contributed by atoms with Crippen LogP contribution in [0.15, 0.2) is 60.7 Å². The molecule has 2 aromatic rings. The lowest BCUT2D eigenvalue weighted by molar-refractivity contribution is 0.265. The fourth-order valence-corrected chi connectivity index (χ4v) is 4.20. The van der Waals surface area contributed by atoms with E-state index in [-0.39, 0.29) is 6.67 Å². The number of benzene rings is 2. The van der Waals surface area contributed by atoms with Crippen molar-refractivity contribution >= 4 is 0 Å². The Morgan fingerprint density at radius 3 is 2.07 bits per heavy atom. The summed E-state index contributed by atoms with van der Waals surface area (Å²) >= 11 is 0. The predicted molar refractivity (Wildman–Crippen MR) is 115 cm³/mol. The Kier molecular flexibility index (Phi) is 7.85. The molecule has 2 aromatic carbocycles. The first-order valence-corrected chi connectivity index (χ1v) is 10.6. The number of alkyl halides is 1. The molecule has 1 nitrogen and oxygen atoms in total. The number of aryl methyl sites for hydroxylation is 1. The molecule has 0 radical (unpaired) electrons. The van der Waals surface area contributed by atoms with Gasteiger partial charge >= 0.3 is 0 Å². The summed E-state index contributed by atoms with van der Waals surface area (Å²) in [7, 11) is 0. The molecule has 1 saturated carbocycles. The molecule has 28 heavy (non-hydrogen) atoms. The van der Waals surface area contributed by atoms with Crippen molar-refractivity contribution in [3.05, 3.63) is 71.8 Å². The highest BCUT2D eigenvalue weighted by atomic mass is 19.1. The quantitative estimate of drug-likeness (QED) is 0.445. The van der Waals surface area contributed by atoms with E-state index >= 15 is 0 Å². The first-order valence-electron chi connectivity index (χ1n) is 10.6. The van der Waals surface area contributed by atoms with Crippen LogP contribution in [0.2, 0.25) is 0 Å². The number of nitrogens with zero attached hydrogens (tertiary/aromatic N) is 1. The van der Waals surface area contributed by atoms with Crippen molar-refractivity contribution in [1.29, 1.82) is 5.26 Å². The van der Waals surface area contributed by atoms with Gasteiger partial charge in [-0.15, -0.1) is 0 Å². The minimum absolute atomic E-state index is 0.238. The highest BCUT2D eigenvalue weighted by molar-refractivity contribution is 5.64. The normalized spacial score (nSPS) is 19.6. The van der Waals surface area contributed by atoms with Crippen molar-refractivity contribution in [2.75, 3.05) is 6.67 Å². The molecule has 2 heteroatoms. The topological polar surface area (TPSA) is 23.8 Å². The van der Waals surface area contributed by atoms with Crippen molar-refractivity contribution in [2.45, 2.75) is 51.4 Å². The van der Waals surface area contributed by atoms with E-state index in [1.165, 1.54) is 43.2 Å². The first-order chi connectivity index (χ1) is 13.8. The molecule has 0 N–H and O–H groups in total. The molecular weight excluding hydrogens is 345 g/mol. The maximum absolute atomic E-state index is 12.1. The van der Waals surface area contributed by atoms with E-state index in [0.717, 1.165) is 30.2 Å². The summed E-state index contributed by atoms with van der Waals surface area (Å²) in [6.45, 7) is -0.238. The summed E-state index contributed by atoms with van der Waals surface area (Å²) in [5.41, 5.74) is 4.47. The molecule has 3 rings (SSSR count). The molecule has 146 valence electrons. The summed E-state index contributed by atoms with van der Waals surface area (Å²) in [6, 6.07) is 18.8. The van der Waals surface area contributed by atoms with Crippen LogP contribution in [-0.4, -0.2) is 6.67 Å². The Balaban J connectivity index is 1.42. The SMILES string of the molecule is N#Cc1ccc(-c2ccc(CCC3CCC(CC=CCCF)CC3)cc2)cc1. The molecule has 0 amide bonds. The molecule has 0 spiro atoms. The van der Waals surface area contributed by atoms with Crippen LogP contribution in [0.4, 0.5) is 4.39 Å². The molecule has 1 fully saturated rings. The fourth-order valence-electron chi connectivity index (χ4n) is 4.20. The lowest BCUT2D eigenvalue weighted by Crippen LogP contribution is -2.14. The Hall–Kier alpha value is -2.40. The summed E-state index contributed by atoms with van der Waals surface area (Å²) in [4.78, 5) is 0. The van der Waals surface area contributed by atoms with E-state index < -0.39 is 0 Å². The van der Waals surface area contributed by atoms with Crippen LogP contribution in [0.1, 0.15) is 56.1 Å². The highest BCUT2D eigenvalue weighted by Crippen LogP contribution is 2.33. The van der Waals surface area contributed by atoms with Crippen LogP contribution in [0.25, 0.3) is 11.1 Å². The number of hydrogen-bond acceptors (Lipinski definition) is 1. The Labute approximate surface area is 168 Å². The van der Waals surface area contributed by atoms with Gasteiger partial charge < -0.3 is 0 Å². The zero-order valence-electron chi connectivity index (χ0n) is 16.6. The van der Waals surface area contributed by atoms with Crippen LogP contribution in [0.3, 0.4) is 0 Å². The maximum atomic E-state index is 12.1. The van der Waals surface area contributed by atoms with E-state index in [4.69, 9.17) is 5.26 Å². The van der Waals surface area contributed by atoms with Gasteiger partial charge in [-0.3, -0.25) is 4.39 Å². The molecule has 0 aromatic heterocycles. The van der Waals surface area contributed by atoms with Gasteiger partial charge in [-0.05, 0) is 79.2 Å². The lowest BCUT2D eigenvalue weighted by Gasteiger charge is -2.28. The van der Waals surface area contributed by atoms with Gasteiger partial charge in [-0.25, -0.2) is 0 Å². The summed E-state index contributed by atoms with van der Waals surface area (Å²) < 4.78 is 12.1. The zero-order chi connectivity index (χ0) is 19.6. The average Bonchev–Trinajstić information content (AvgIpc) is 2.76. The Morgan fingerprint density at radius 1 is 0.857 bits per heavy atom. The molecule has 0 aliphatic heterocycles. The van der Waals surface area contributed by atoms with Crippen LogP contribution >= 0.6 is 0 Å². The van der Waals surface area contributed by atoms with Gasteiger partial charge in [0.2, 0.25) is 0 Å². The monoisotopic (exact) mass is 375 g/mol. The molecule has 0 saturated heterocycles.